The predicted octanol–water partition coefficient (Wildman–Crippen LogP) is 6.30. The van der Waals surface area contributed by atoms with Crippen molar-refractivity contribution in [3.63, 3.8) is 0 Å². The molecule has 35 heavy (non-hydrogen) atoms. The first-order valence-electron chi connectivity index (χ1n) is 11.1. The SMILES string of the molecule is CCOc1cc(/C=C(\C#N)C(=O)Nc2ccc(CC)cc2)cc(Cl)c1OCc1ccccc1C#N. The molecular weight excluding hydrogens is 462 g/mol. The van der Waals surface area contributed by atoms with E-state index in [0.29, 0.717) is 40.5 Å². The molecule has 0 saturated carbocycles. The maximum absolute atomic E-state index is 12.7. The normalized spacial score (nSPS) is 10.7. The van der Waals surface area contributed by atoms with E-state index in [0.717, 1.165) is 12.0 Å². The van der Waals surface area contributed by atoms with Gasteiger partial charge in [-0.3, -0.25) is 4.79 Å². The fourth-order valence-electron chi connectivity index (χ4n) is 3.32. The molecule has 0 atom stereocenters. The lowest BCUT2D eigenvalue weighted by molar-refractivity contribution is -0.112. The van der Waals surface area contributed by atoms with Gasteiger partial charge in [0.25, 0.3) is 5.91 Å². The molecule has 0 aliphatic rings. The number of carbonyl (C=O) groups is 1. The van der Waals surface area contributed by atoms with E-state index >= 15 is 0 Å². The number of nitriles is 2. The molecule has 176 valence electrons. The standard InChI is InChI=1S/C28H24ClN3O3/c1-3-19-9-11-24(12-10-19)32-28(33)23(17-31)13-20-14-25(29)27(26(15-20)34-4-2)35-18-22-8-6-5-7-21(22)16-30/h5-15H,3-4,18H2,1-2H3,(H,32,33)/b23-13+. The lowest BCUT2D eigenvalue weighted by atomic mass is 10.1. The first-order valence-corrected chi connectivity index (χ1v) is 11.5. The molecule has 0 unspecified atom stereocenters. The zero-order chi connectivity index (χ0) is 25.2. The Morgan fingerprint density at radius 2 is 1.80 bits per heavy atom. The van der Waals surface area contributed by atoms with Gasteiger partial charge in [-0.1, -0.05) is 48.9 Å². The Hall–Kier alpha value is -4.26. The molecule has 0 spiro atoms. The number of nitrogens with one attached hydrogen (secondary N) is 1. The number of nitrogens with zero attached hydrogens (tertiary/aromatic N) is 2. The monoisotopic (exact) mass is 485 g/mol. The third-order valence-electron chi connectivity index (χ3n) is 5.14. The topological polar surface area (TPSA) is 95.1 Å². The molecule has 7 heteroatoms. The summed E-state index contributed by atoms with van der Waals surface area (Å²) in [5, 5.41) is 21.9. The molecule has 0 aliphatic carbocycles. The van der Waals surface area contributed by atoms with Gasteiger partial charge in [0.1, 0.15) is 18.2 Å². The first kappa shape index (κ1) is 25.4. The van der Waals surface area contributed by atoms with Gasteiger partial charge in [0.05, 0.1) is 23.3 Å². The number of benzene rings is 3. The highest BCUT2D eigenvalue weighted by atomic mass is 35.5. The summed E-state index contributed by atoms with van der Waals surface area (Å²) in [6.07, 6.45) is 2.34. The summed E-state index contributed by atoms with van der Waals surface area (Å²) in [6, 6.07) is 21.9. The van der Waals surface area contributed by atoms with Crippen LogP contribution >= 0.6 is 11.6 Å². The minimum Gasteiger partial charge on any atom is -0.490 e. The zero-order valence-corrected chi connectivity index (χ0v) is 20.2. The van der Waals surface area contributed by atoms with Gasteiger partial charge in [0, 0.05) is 11.3 Å². The first-order chi connectivity index (χ1) is 17.0. The van der Waals surface area contributed by atoms with E-state index in [4.69, 9.17) is 21.1 Å². The molecule has 1 amide bonds. The lowest BCUT2D eigenvalue weighted by Gasteiger charge is -2.15. The fourth-order valence-corrected chi connectivity index (χ4v) is 3.59. The van der Waals surface area contributed by atoms with E-state index in [1.165, 1.54) is 6.08 Å². The Morgan fingerprint density at radius 3 is 2.46 bits per heavy atom. The maximum atomic E-state index is 12.7. The average Bonchev–Trinajstić information content (AvgIpc) is 2.87. The molecule has 0 aliphatic heterocycles. The summed E-state index contributed by atoms with van der Waals surface area (Å²) in [4.78, 5) is 12.7. The molecule has 1 N–H and O–H groups in total. The van der Waals surface area contributed by atoms with Crippen LogP contribution in [0.1, 0.15) is 36.1 Å². The van der Waals surface area contributed by atoms with Crippen LogP contribution in [-0.4, -0.2) is 12.5 Å². The number of anilines is 1. The van der Waals surface area contributed by atoms with Crippen LogP contribution in [0.15, 0.2) is 66.2 Å². The fraction of sp³-hybridized carbons (Fsp3) is 0.179. The maximum Gasteiger partial charge on any atom is 0.266 e. The van der Waals surface area contributed by atoms with E-state index in [-0.39, 0.29) is 17.2 Å². The van der Waals surface area contributed by atoms with Crippen molar-refractivity contribution in [2.75, 3.05) is 11.9 Å². The van der Waals surface area contributed by atoms with Gasteiger partial charge in [-0.25, -0.2) is 0 Å². The summed E-state index contributed by atoms with van der Waals surface area (Å²) >= 11 is 6.49. The van der Waals surface area contributed by atoms with Crippen molar-refractivity contribution in [2.24, 2.45) is 0 Å². The number of aryl methyl sites for hydroxylation is 1. The van der Waals surface area contributed by atoms with Crippen molar-refractivity contribution in [3.8, 4) is 23.6 Å². The molecule has 0 radical (unpaired) electrons. The van der Waals surface area contributed by atoms with E-state index in [9.17, 15) is 15.3 Å². The quantitative estimate of drug-likeness (QED) is 0.283. The van der Waals surface area contributed by atoms with Crippen LogP contribution in [0.2, 0.25) is 5.02 Å². The van der Waals surface area contributed by atoms with Crippen LogP contribution in [-0.2, 0) is 17.8 Å². The highest BCUT2D eigenvalue weighted by molar-refractivity contribution is 6.32. The van der Waals surface area contributed by atoms with Crippen LogP contribution < -0.4 is 14.8 Å². The van der Waals surface area contributed by atoms with Gasteiger partial charge in [-0.05, 0) is 60.9 Å². The second-order valence-electron chi connectivity index (χ2n) is 7.50. The van der Waals surface area contributed by atoms with E-state index < -0.39 is 5.91 Å². The van der Waals surface area contributed by atoms with Crippen molar-refractivity contribution in [2.45, 2.75) is 26.9 Å². The van der Waals surface area contributed by atoms with Crippen LogP contribution in [0.5, 0.6) is 11.5 Å². The van der Waals surface area contributed by atoms with Crippen LogP contribution in [0, 0.1) is 22.7 Å². The van der Waals surface area contributed by atoms with Crippen molar-refractivity contribution < 1.29 is 14.3 Å². The van der Waals surface area contributed by atoms with Crippen LogP contribution in [0.4, 0.5) is 5.69 Å². The molecule has 0 aromatic heterocycles. The summed E-state index contributed by atoms with van der Waals surface area (Å²) in [7, 11) is 0. The van der Waals surface area contributed by atoms with Gasteiger partial charge in [-0.2, -0.15) is 10.5 Å². The summed E-state index contributed by atoms with van der Waals surface area (Å²) in [5.41, 5.74) is 3.40. The van der Waals surface area contributed by atoms with E-state index in [2.05, 4.69) is 11.4 Å². The lowest BCUT2D eigenvalue weighted by Crippen LogP contribution is -2.13. The van der Waals surface area contributed by atoms with E-state index in [1.54, 1.807) is 42.5 Å². The molecule has 0 saturated heterocycles. The third-order valence-corrected chi connectivity index (χ3v) is 5.42. The minimum atomic E-state index is -0.528. The number of amides is 1. The molecule has 6 nitrogen and oxygen atoms in total. The largest absolute Gasteiger partial charge is 0.490 e. The van der Waals surface area contributed by atoms with Gasteiger partial charge in [0.15, 0.2) is 11.5 Å². The summed E-state index contributed by atoms with van der Waals surface area (Å²) in [5.74, 6) is 0.158. The number of hydrogen-bond acceptors (Lipinski definition) is 5. The molecular formula is C28H24ClN3O3. The molecule has 0 bridgehead atoms. The highest BCUT2D eigenvalue weighted by Gasteiger charge is 2.15. The Morgan fingerprint density at radius 1 is 1.06 bits per heavy atom. The Bertz CT molecular complexity index is 1320. The van der Waals surface area contributed by atoms with Crippen molar-refractivity contribution in [1.29, 1.82) is 10.5 Å². The Kier molecular flexibility index (Phi) is 8.89. The van der Waals surface area contributed by atoms with E-state index in [1.807, 2.05) is 38.1 Å². The molecule has 0 heterocycles. The van der Waals surface area contributed by atoms with Crippen molar-refractivity contribution in [3.05, 3.63) is 93.5 Å². The summed E-state index contributed by atoms with van der Waals surface area (Å²) < 4.78 is 11.6. The van der Waals surface area contributed by atoms with Crippen LogP contribution in [0.25, 0.3) is 6.08 Å². The number of halogens is 1. The predicted molar refractivity (Wildman–Crippen MR) is 136 cm³/mol. The van der Waals surface area contributed by atoms with Crippen molar-refractivity contribution >= 4 is 29.3 Å². The zero-order valence-electron chi connectivity index (χ0n) is 19.5. The van der Waals surface area contributed by atoms with Crippen molar-refractivity contribution in [1.82, 2.24) is 0 Å². The average molecular weight is 486 g/mol. The van der Waals surface area contributed by atoms with Gasteiger partial charge >= 0.3 is 0 Å². The third kappa shape index (κ3) is 6.63. The van der Waals surface area contributed by atoms with Gasteiger partial charge < -0.3 is 14.8 Å². The van der Waals surface area contributed by atoms with Crippen LogP contribution in [0.3, 0.4) is 0 Å². The Balaban J connectivity index is 1.84. The molecule has 3 rings (SSSR count). The Labute approximate surface area is 210 Å². The number of ether oxygens (including phenoxy) is 2. The number of hydrogen-bond donors (Lipinski definition) is 1. The molecule has 3 aromatic rings. The summed E-state index contributed by atoms with van der Waals surface area (Å²) in [6.45, 7) is 4.35. The smallest absolute Gasteiger partial charge is 0.266 e. The second-order valence-corrected chi connectivity index (χ2v) is 7.90. The van der Waals surface area contributed by atoms with Gasteiger partial charge in [-0.15, -0.1) is 0 Å². The second kappa shape index (κ2) is 12.3. The number of carbonyl (C=O) groups excluding carboxylic acids is 1. The number of rotatable bonds is 9. The molecule has 3 aromatic carbocycles. The molecule has 0 fully saturated rings. The highest BCUT2D eigenvalue weighted by Crippen LogP contribution is 2.38. The van der Waals surface area contributed by atoms with Gasteiger partial charge in [0.2, 0.25) is 0 Å². The minimum absolute atomic E-state index is 0.0836.